The van der Waals surface area contributed by atoms with Gasteiger partial charge in [0.15, 0.2) is 6.10 Å². The zero-order valence-corrected chi connectivity index (χ0v) is 35.6. The number of hydrogen-bond acceptors (Lipinski definition) is 6. The van der Waals surface area contributed by atoms with Crippen LogP contribution in [-0.2, 0) is 28.6 Å². The van der Waals surface area contributed by atoms with Gasteiger partial charge in [-0.3, -0.25) is 14.4 Å². The van der Waals surface area contributed by atoms with E-state index in [4.69, 9.17) is 14.2 Å². The third-order valence-corrected chi connectivity index (χ3v) is 10.1. The third kappa shape index (κ3) is 39.6. The molecule has 0 saturated carbocycles. The van der Waals surface area contributed by atoms with Crippen LogP contribution in [0.5, 0.6) is 0 Å². The van der Waals surface area contributed by atoms with E-state index in [9.17, 15) is 14.4 Å². The molecule has 6 heteroatoms. The molecule has 1 atom stereocenters. The molecular weight excluding hydrogens is 648 g/mol. The normalized spacial score (nSPS) is 12.2. The highest BCUT2D eigenvalue weighted by atomic mass is 16.6. The SMILES string of the molecule is CC(C)CCCCCCCCCCCCCC(=O)O[C@H](COC(=O)CCCCCCCCCCC(C)C)COC(=O)CCCCCCCCC(C)C. The van der Waals surface area contributed by atoms with Crippen LogP contribution in [-0.4, -0.2) is 37.2 Å². The quantitative estimate of drug-likeness (QED) is 0.0355. The molecule has 0 aromatic heterocycles. The molecule has 0 N–H and O–H groups in total. The van der Waals surface area contributed by atoms with Gasteiger partial charge in [-0.25, -0.2) is 0 Å². The van der Waals surface area contributed by atoms with E-state index in [2.05, 4.69) is 41.5 Å². The Morgan fingerprint density at radius 2 is 0.558 bits per heavy atom. The van der Waals surface area contributed by atoms with E-state index in [1.54, 1.807) is 0 Å². The fourth-order valence-electron chi connectivity index (χ4n) is 6.70. The van der Waals surface area contributed by atoms with Gasteiger partial charge in [-0.05, 0) is 37.0 Å². The van der Waals surface area contributed by atoms with Crippen molar-refractivity contribution < 1.29 is 28.6 Å². The summed E-state index contributed by atoms with van der Waals surface area (Å²) < 4.78 is 16.7. The second-order valence-electron chi connectivity index (χ2n) is 17.1. The molecule has 0 aromatic rings. The lowest BCUT2D eigenvalue weighted by atomic mass is 10.0. The standard InChI is InChI=1S/C46H88O6/c1-40(2)32-26-20-14-10-8-7-9-11-17-25-31-37-46(49)52-43(39-51-45(48)36-30-24-19-18-22-28-34-42(5)6)38-50-44(47)35-29-23-16-13-12-15-21-27-33-41(3)4/h40-43H,7-39H2,1-6H3/t43-/m1/s1. The summed E-state index contributed by atoms with van der Waals surface area (Å²) in [6.45, 7) is 13.6. The van der Waals surface area contributed by atoms with Gasteiger partial charge < -0.3 is 14.2 Å². The van der Waals surface area contributed by atoms with Gasteiger partial charge in [-0.15, -0.1) is 0 Å². The fraction of sp³-hybridized carbons (Fsp3) is 0.935. The van der Waals surface area contributed by atoms with Crippen LogP contribution >= 0.6 is 0 Å². The highest BCUT2D eigenvalue weighted by Crippen LogP contribution is 2.16. The Morgan fingerprint density at radius 3 is 0.827 bits per heavy atom. The van der Waals surface area contributed by atoms with Crippen LogP contribution in [0, 0.1) is 17.8 Å². The summed E-state index contributed by atoms with van der Waals surface area (Å²) in [5, 5.41) is 0. The average molecular weight is 737 g/mol. The van der Waals surface area contributed by atoms with Gasteiger partial charge in [0.05, 0.1) is 0 Å². The summed E-state index contributed by atoms with van der Waals surface area (Å²) in [7, 11) is 0. The fourth-order valence-corrected chi connectivity index (χ4v) is 6.70. The first kappa shape index (κ1) is 50.4. The van der Waals surface area contributed by atoms with Crippen LogP contribution in [0.15, 0.2) is 0 Å². The lowest BCUT2D eigenvalue weighted by Crippen LogP contribution is -2.30. The lowest BCUT2D eigenvalue weighted by Gasteiger charge is -2.18. The molecule has 0 rings (SSSR count). The van der Waals surface area contributed by atoms with E-state index >= 15 is 0 Å². The maximum absolute atomic E-state index is 12.7. The molecule has 0 aliphatic rings. The predicted octanol–water partition coefficient (Wildman–Crippen LogP) is 14.0. The van der Waals surface area contributed by atoms with Gasteiger partial charge >= 0.3 is 17.9 Å². The number of rotatable bonds is 39. The molecule has 6 nitrogen and oxygen atoms in total. The largest absolute Gasteiger partial charge is 0.462 e. The van der Waals surface area contributed by atoms with Crippen molar-refractivity contribution >= 4 is 17.9 Å². The molecule has 0 heterocycles. The second-order valence-corrected chi connectivity index (χ2v) is 17.1. The smallest absolute Gasteiger partial charge is 0.306 e. The molecule has 0 aliphatic heterocycles. The first-order chi connectivity index (χ1) is 25.1. The van der Waals surface area contributed by atoms with E-state index in [-0.39, 0.29) is 31.1 Å². The van der Waals surface area contributed by atoms with E-state index in [1.807, 2.05) is 0 Å². The summed E-state index contributed by atoms with van der Waals surface area (Å²) in [6.07, 6.45) is 33.9. The first-order valence-electron chi connectivity index (χ1n) is 22.6. The molecule has 0 spiro atoms. The van der Waals surface area contributed by atoms with Crippen molar-refractivity contribution in [3.63, 3.8) is 0 Å². The molecule has 0 amide bonds. The number of carbonyl (C=O) groups is 3. The first-order valence-corrected chi connectivity index (χ1v) is 22.6. The van der Waals surface area contributed by atoms with Gasteiger partial charge in [-0.1, -0.05) is 202 Å². The Labute approximate surface area is 323 Å². The van der Waals surface area contributed by atoms with Crippen molar-refractivity contribution in [1.29, 1.82) is 0 Å². The Balaban J connectivity index is 4.33. The molecule has 0 fully saturated rings. The summed E-state index contributed by atoms with van der Waals surface area (Å²) in [5.41, 5.74) is 0. The van der Waals surface area contributed by atoms with Crippen molar-refractivity contribution in [2.45, 2.75) is 247 Å². The van der Waals surface area contributed by atoms with Crippen molar-refractivity contribution in [2.24, 2.45) is 17.8 Å². The molecule has 0 radical (unpaired) electrons. The second kappa shape index (κ2) is 37.7. The van der Waals surface area contributed by atoms with Gasteiger partial charge in [0.1, 0.15) is 13.2 Å². The Hall–Kier alpha value is -1.59. The summed E-state index contributed by atoms with van der Waals surface area (Å²) in [4.78, 5) is 37.6. The van der Waals surface area contributed by atoms with Crippen LogP contribution < -0.4 is 0 Å². The molecule has 0 bridgehead atoms. The van der Waals surface area contributed by atoms with Crippen LogP contribution in [0.3, 0.4) is 0 Å². The number of esters is 3. The highest BCUT2D eigenvalue weighted by molar-refractivity contribution is 5.71. The minimum atomic E-state index is -0.762. The predicted molar refractivity (Wildman–Crippen MR) is 219 cm³/mol. The Bertz CT molecular complexity index is 807. The van der Waals surface area contributed by atoms with E-state index in [1.165, 1.54) is 122 Å². The highest BCUT2D eigenvalue weighted by Gasteiger charge is 2.19. The Kier molecular flexibility index (Phi) is 36.6. The molecule has 0 aromatic carbocycles. The number of hydrogen-bond donors (Lipinski definition) is 0. The molecule has 0 unspecified atom stereocenters. The van der Waals surface area contributed by atoms with Crippen LogP contribution in [0.1, 0.15) is 241 Å². The van der Waals surface area contributed by atoms with E-state index in [0.717, 1.165) is 75.5 Å². The third-order valence-electron chi connectivity index (χ3n) is 10.1. The molecular formula is C46H88O6. The summed E-state index contributed by atoms with van der Waals surface area (Å²) in [5.74, 6) is 1.52. The van der Waals surface area contributed by atoms with Crippen LogP contribution in [0.2, 0.25) is 0 Å². The lowest BCUT2D eigenvalue weighted by molar-refractivity contribution is -0.167. The average Bonchev–Trinajstić information content (AvgIpc) is 3.09. The maximum Gasteiger partial charge on any atom is 0.306 e. The van der Waals surface area contributed by atoms with Crippen molar-refractivity contribution in [3.05, 3.63) is 0 Å². The maximum atomic E-state index is 12.7. The minimum absolute atomic E-state index is 0.0671. The van der Waals surface area contributed by atoms with Gasteiger partial charge in [0.25, 0.3) is 0 Å². The van der Waals surface area contributed by atoms with Gasteiger partial charge in [0.2, 0.25) is 0 Å². The minimum Gasteiger partial charge on any atom is -0.462 e. The molecule has 0 saturated heterocycles. The number of carbonyl (C=O) groups excluding carboxylic acids is 3. The summed E-state index contributed by atoms with van der Waals surface area (Å²) >= 11 is 0. The van der Waals surface area contributed by atoms with Crippen molar-refractivity contribution in [1.82, 2.24) is 0 Å². The van der Waals surface area contributed by atoms with Gasteiger partial charge in [-0.2, -0.15) is 0 Å². The molecule has 308 valence electrons. The number of ether oxygens (including phenoxy) is 3. The van der Waals surface area contributed by atoms with Crippen LogP contribution in [0.25, 0.3) is 0 Å². The van der Waals surface area contributed by atoms with Crippen LogP contribution in [0.4, 0.5) is 0 Å². The monoisotopic (exact) mass is 737 g/mol. The van der Waals surface area contributed by atoms with E-state index in [0.29, 0.717) is 19.3 Å². The van der Waals surface area contributed by atoms with Crippen molar-refractivity contribution in [3.8, 4) is 0 Å². The van der Waals surface area contributed by atoms with Gasteiger partial charge in [0, 0.05) is 19.3 Å². The van der Waals surface area contributed by atoms with E-state index < -0.39 is 6.10 Å². The zero-order chi connectivity index (χ0) is 38.5. The Morgan fingerprint density at radius 1 is 0.327 bits per heavy atom. The molecule has 52 heavy (non-hydrogen) atoms. The summed E-state index contributed by atoms with van der Waals surface area (Å²) in [6, 6.07) is 0. The topological polar surface area (TPSA) is 78.9 Å². The zero-order valence-electron chi connectivity index (χ0n) is 35.6. The molecule has 0 aliphatic carbocycles. The van der Waals surface area contributed by atoms with Crippen molar-refractivity contribution in [2.75, 3.05) is 13.2 Å². The number of unbranched alkanes of at least 4 members (excludes halogenated alkanes) is 22.